The number of pyridine rings is 1. The second-order valence-electron chi connectivity index (χ2n) is 5.12. The minimum atomic E-state index is -0.965. The SMILES string of the molecule is O=C(O)c1cccnc1SC(c1ccccc1)c1ccc(Br)cc1. The van der Waals surface area contributed by atoms with Crippen molar-refractivity contribution in [2.24, 2.45) is 0 Å². The van der Waals surface area contributed by atoms with Crippen molar-refractivity contribution in [2.75, 3.05) is 0 Å². The molecule has 5 heteroatoms. The van der Waals surface area contributed by atoms with E-state index in [-0.39, 0.29) is 10.8 Å². The molecular weight excluding hydrogens is 386 g/mol. The van der Waals surface area contributed by atoms with Crippen LogP contribution in [0.1, 0.15) is 26.7 Å². The predicted octanol–water partition coefficient (Wildman–Crippen LogP) is 5.42. The number of nitrogens with zero attached hydrogens (tertiary/aromatic N) is 1. The van der Waals surface area contributed by atoms with Gasteiger partial charge in [-0.15, -0.1) is 0 Å². The third-order valence-electron chi connectivity index (χ3n) is 3.51. The van der Waals surface area contributed by atoms with Gasteiger partial charge in [0, 0.05) is 10.7 Å². The zero-order valence-electron chi connectivity index (χ0n) is 12.6. The molecule has 3 aromatic rings. The van der Waals surface area contributed by atoms with E-state index in [1.54, 1.807) is 18.3 Å². The average molecular weight is 400 g/mol. The summed E-state index contributed by atoms with van der Waals surface area (Å²) in [5, 5.41) is 9.88. The topological polar surface area (TPSA) is 50.2 Å². The molecular formula is C19H14BrNO2S. The number of benzene rings is 2. The molecule has 0 aliphatic heterocycles. The molecule has 3 nitrogen and oxygen atoms in total. The summed E-state index contributed by atoms with van der Waals surface area (Å²) in [4.78, 5) is 15.7. The highest BCUT2D eigenvalue weighted by Crippen LogP contribution is 2.41. The first-order chi connectivity index (χ1) is 11.6. The minimum Gasteiger partial charge on any atom is -0.478 e. The molecule has 3 rings (SSSR count). The maximum Gasteiger partial charge on any atom is 0.338 e. The van der Waals surface area contributed by atoms with Crippen molar-refractivity contribution in [2.45, 2.75) is 10.3 Å². The Balaban J connectivity index is 2.03. The fourth-order valence-electron chi connectivity index (χ4n) is 2.35. The van der Waals surface area contributed by atoms with Gasteiger partial charge in [-0.3, -0.25) is 0 Å². The van der Waals surface area contributed by atoms with Crippen molar-refractivity contribution in [1.29, 1.82) is 0 Å². The molecule has 0 saturated heterocycles. The Morgan fingerprint density at radius 3 is 2.29 bits per heavy atom. The summed E-state index contributed by atoms with van der Waals surface area (Å²) in [6.45, 7) is 0. The first-order valence-corrected chi connectivity index (χ1v) is 8.98. The highest BCUT2D eigenvalue weighted by Gasteiger charge is 2.20. The Bertz CT molecular complexity index is 838. The monoisotopic (exact) mass is 399 g/mol. The molecule has 1 unspecified atom stereocenters. The van der Waals surface area contributed by atoms with E-state index in [4.69, 9.17) is 0 Å². The molecule has 1 N–H and O–H groups in total. The summed E-state index contributed by atoms with van der Waals surface area (Å²) >= 11 is 4.90. The summed E-state index contributed by atoms with van der Waals surface area (Å²) in [5.74, 6) is -0.965. The van der Waals surface area contributed by atoms with Crippen LogP contribution in [0.4, 0.5) is 0 Å². The molecule has 1 atom stereocenters. The number of hydrogen-bond donors (Lipinski definition) is 1. The van der Waals surface area contributed by atoms with Crippen LogP contribution in [0.25, 0.3) is 0 Å². The second kappa shape index (κ2) is 7.64. The predicted molar refractivity (Wildman–Crippen MR) is 99.5 cm³/mol. The normalized spacial score (nSPS) is 11.9. The van der Waals surface area contributed by atoms with Crippen molar-refractivity contribution >= 4 is 33.7 Å². The zero-order chi connectivity index (χ0) is 16.9. The average Bonchev–Trinajstić information content (AvgIpc) is 2.61. The van der Waals surface area contributed by atoms with E-state index in [2.05, 4.69) is 20.9 Å². The number of rotatable bonds is 5. The molecule has 0 aliphatic carbocycles. The lowest BCUT2D eigenvalue weighted by Gasteiger charge is -2.18. The summed E-state index contributed by atoms with van der Waals surface area (Å²) in [6, 6.07) is 21.3. The lowest BCUT2D eigenvalue weighted by atomic mass is 10.0. The van der Waals surface area contributed by atoms with Gasteiger partial charge in [0.25, 0.3) is 0 Å². The van der Waals surface area contributed by atoms with Gasteiger partial charge < -0.3 is 5.11 Å². The van der Waals surface area contributed by atoms with Crippen LogP contribution in [0.15, 0.2) is 82.4 Å². The van der Waals surface area contributed by atoms with E-state index < -0.39 is 5.97 Å². The van der Waals surface area contributed by atoms with Gasteiger partial charge in [0.05, 0.1) is 10.8 Å². The molecule has 0 spiro atoms. The Morgan fingerprint density at radius 1 is 0.958 bits per heavy atom. The molecule has 2 aromatic carbocycles. The number of aromatic carboxylic acids is 1. The first kappa shape index (κ1) is 16.7. The number of hydrogen-bond acceptors (Lipinski definition) is 3. The van der Waals surface area contributed by atoms with Crippen molar-refractivity contribution in [3.8, 4) is 0 Å². The van der Waals surface area contributed by atoms with E-state index in [1.165, 1.54) is 11.8 Å². The number of aromatic nitrogens is 1. The lowest BCUT2D eigenvalue weighted by molar-refractivity contribution is 0.0692. The molecule has 1 heterocycles. The zero-order valence-corrected chi connectivity index (χ0v) is 15.0. The molecule has 1 aromatic heterocycles. The van der Waals surface area contributed by atoms with Gasteiger partial charge in [-0.2, -0.15) is 0 Å². The molecule has 0 amide bonds. The molecule has 0 saturated carbocycles. The van der Waals surface area contributed by atoms with Gasteiger partial charge in [0.1, 0.15) is 5.03 Å². The van der Waals surface area contributed by atoms with Crippen LogP contribution >= 0.6 is 27.7 Å². The van der Waals surface area contributed by atoms with E-state index in [9.17, 15) is 9.90 Å². The quantitative estimate of drug-likeness (QED) is 0.581. The minimum absolute atomic E-state index is 0.0349. The molecule has 24 heavy (non-hydrogen) atoms. The Hall–Kier alpha value is -2.11. The maximum atomic E-state index is 11.5. The Morgan fingerprint density at radius 2 is 1.62 bits per heavy atom. The molecule has 0 aliphatic rings. The molecule has 0 radical (unpaired) electrons. The fraction of sp³-hybridized carbons (Fsp3) is 0.0526. The summed E-state index contributed by atoms with van der Waals surface area (Å²) in [6.07, 6.45) is 1.62. The smallest absolute Gasteiger partial charge is 0.338 e. The summed E-state index contributed by atoms with van der Waals surface area (Å²) in [7, 11) is 0. The van der Waals surface area contributed by atoms with Crippen LogP contribution in [0.2, 0.25) is 0 Å². The van der Waals surface area contributed by atoms with Gasteiger partial charge in [0.2, 0.25) is 0 Å². The van der Waals surface area contributed by atoms with Crippen molar-refractivity contribution < 1.29 is 9.90 Å². The number of halogens is 1. The highest BCUT2D eigenvalue weighted by atomic mass is 79.9. The number of carboxylic acid groups (broad SMARTS) is 1. The van der Waals surface area contributed by atoms with E-state index in [0.717, 1.165) is 15.6 Å². The lowest BCUT2D eigenvalue weighted by Crippen LogP contribution is -2.03. The third kappa shape index (κ3) is 3.86. The second-order valence-corrected chi connectivity index (χ2v) is 7.13. The molecule has 120 valence electrons. The first-order valence-electron chi connectivity index (χ1n) is 7.30. The number of carboxylic acids is 1. The number of carbonyl (C=O) groups is 1. The van der Waals surface area contributed by atoms with Crippen molar-refractivity contribution in [1.82, 2.24) is 4.98 Å². The van der Waals surface area contributed by atoms with Crippen LogP contribution < -0.4 is 0 Å². The van der Waals surface area contributed by atoms with Crippen LogP contribution in [-0.4, -0.2) is 16.1 Å². The molecule has 0 bridgehead atoms. The van der Waals surface area contributed by atoms with Gasteiger partial charge >= 0.3 is 5.97 Å². The van der Waals surface area contributed by atoms with E-state index in [0.29, 0.717) is 5.03 Å². The third-order valence-corrected chi connectivity index (χ3v) is 5.36. The largest absolute Gasteiger partial charge is 0.478 e. The summed E-state index contributed by atoms with van der Waals surface area (Å²) in [5.41, 5.74) is 2.42. The maximum absolute atomic E-state index is 11.5. The van der Waals surface area contributed by atoms with E-state index in [1.807, 2.05) is 54.6 Å². The standard InChI is InChI=1S/C19H14BrNO2S/c20-15-10-8-14(9-11-15)17(13-5-2-1-3-6-13)24-18-16(19(22)23)7-4-12-21-18/h1-12,17H,(H,22,23). The Labute approximate surface area is 152 Å². The summed E-state index contributed by atoms with van der Waals surface area (Å²) < 4.78 is 1.01. The van der Waals surface area contributed by atoms with Gasteiger partial charge in [-0.25, -0.2) is 9.78 Å². The molecule has 0 fully saturated rings. The van der Waals surface area contributed by atoms with Gasteiger partial charge in [-0.1, -0.05) is 70.2 Å². The van der Waals surface area contributed by atoms with Crippen molar-refractivity contribution in [3.63, 3.8) is 0 Å². The van der Waals surface area contributed by atoms with Crippen LogP contribution in [0, 0.1) is 0 Å². The van der Waals surface area contributed by atoms with Gasteiger partial charge in [-0.05, 0) is 35.4 Å². The van der Waals surface area contributed by atoms with Crippen LogP contribution in [0.3, 0.4) is 0 Å². The fourth-order valence-corrected chi connectivity index (χ4v) is 3.83. The Kier molecular flexibility index (Phi) is 5.33. The van der Waals surface area contributed by atoms with E-state index >= 15 is 0 Å². The van der Waals surface area contributed by atoms with Gasteiger partial charge in [0.15, 0.2) is 0 Å². The highest BCUT2D eigenvalue weighted by molar-refractivity contribution is 9.10. The van der Waals surface area contributed by atoms with Crippen LogP contribution in [0.5, 0.6) is 0 Å². The number of thioether (sulfide) groups is 1. The van der Waals surface area contributed by atoms with Crippen molar-refractivity contribution in [3.05, 3.63) is 94.1 Å². The van der Waals surface area contributed by atoms with Crippen LogP contribution in [-0.2, 0) is 0 Å².